The first-order valence-corrected chi connectivity index (χ1v) is 12.6. The second-order valence-corrected chi connectivity index (χ2v) is 14.2. The van der Waals surface area contributed by atoms with E-state index >= 15 is 0 Å². The van der Waals surface area contributed by atoms with Gasteiger partial charge in [-0.15, -0.1) is 11.8 Å². The molecule has 3 heteroatoms. The lowest BCUT2D eigenvalue weighted by atomic mass is 9.78. The quantitative estimate of drug-likeness (QED) is 0.454. The average molecular weight is 457 g/mol. The van der Waals surface area contributed by atoms with Crippen molar-refractivity contribution in [3.63, 3.8) is 0 Å². The van der Waals surface area contributed by atoms with Gasteiger partial charge in [0.15, 0.2) is 0 Å². The Balaban J connectivity index is 2.55. The maximum atomic E-state index is 11.0. The molecule has 0 aliphatic heterocycles. The Hall–Kier alpha value is -1.61. The summed E-state index contributed by atoms with van der Waals surface area (Å²) in [4.78, 5) is 1.17. The smallest absolute Gasteiger partial charge is 0.123 e. The van der Waals surface area contributed by atoms with Crippen molar-refractivity contribution in [1.29, 1.82) is 0 Å². The number of benzene rings is 2. The molecule has 2 nitrogen and oxygen atoms in total. The van der Waals surface area contributed by atoms with Crippen LogP contribution in [0.5, 0.6) is 11.5 Å². The molecule has 0 bridgehead atoms. The monoisotopic (exact) mass is 456 g/mol. The third kappa shape index (κ3) is 6.04. The fraction of sp³-hybridized carbons (Fsp3) is 0.586. The van der Waals surface area contributed by atoms with E-state index in [9.17, 15) is 10.2 Å². The molecule has 2 aromatic carbocycles. The van der Waals surface area contributed by atoms with Gasteiger partial charge in [-0.2, -0.15) is 0 Å². The van der Waals surface area contributed by atoms with Gasteiger partial charge in [0.05, 0.1) is 0 Å². The number of aromatic hydroxyl groups is 2. The van der Waals surface area contributed by atoms with E-state index in [1.54, 1.807) is 11.8 Å². The summed E-state index contributed by atoms with van der Waals surface area (Å²) in [5.74, 6) is 1.65. The topological polar surface area (TPSA) is 40.5 Å². The van der Waals surface area contributed by atoms with Gasteiger partial charge in [0, 0.05) is 21.8 Å². The van der Waals surface area contributed by atoms with Crippen molar-refractivity contribution in [3.05, 3.63) is 52.1 Å². The van der Waals surface area contributed by atoms with E-state index in [1.807, 2.05) is 0 Å². The van der Waals surface area contributed by atoms with Crippen LogP contribution in [0.25, 0.3) is 0 Å². The van der Waals surface area contributed by atoms with E-state index in [4.69, 9.17) is 0 Å². The number of thioether (sulfide) groups is 1. The molecule has 2 aromatic rings. The summed E-state index contributed by atoms with van der Waals surface area (Å²) in [5, 5.41) is 22.0. The Morgan fingerprint density at radius 1 is 0.531 bits per heavy atom. The van der Waals surface area contributed by atoms with Crippen molar-refractivity contribution in [2.45, 2.75) is 115 Å². The molecule has 0 saturated carbocycles. The van der Waals surface area contributed by atoms with E-state index in [0.717, 1.165) is 28.0 Å². The lowest BCUT2D eigenvalue weighted by Gasteiger charge is -2.29. The molecular weight excluding hydrogens is 412 g/mol. The average Bonchev–Trinajstić information content (AvgIpc) is 2.57. The standard InChI is InChI=1S/C29H44O2S/c1-26(2,3)20-13-18(14-21(24(20)30)27(4,5)6)17-32-19-15-22(28(7,8)9)25(31)23(16-19)29(10,11)12/h13-16,30-31H,17H2,1-12H3. The highest BCUT2D eigenvalue weighted by atomic mass is 32.2. The summed E-state index contributed by atoms with van der Waals surface area (Å²) in [6.07, 6.45) is 0. The first-order valence-electron chi connectivity index (χ1n) is 11.6. The molecule has 0 atom stereocenters. The Labute approximate surface area is 200 Å². The van der Waals surface area contributed by atoms with Crippen molar-refractivity contribution in [2.24, 2.45) is 0 Å². The predicted molar refractivity (Wildman–Crippen MR) is 141 cm³/mol. The van der Waals surface area contributed by atoms with Gasteiger partial charge in [-0.25, -0.2) is 0 Å². The summed E-state index contributed by atoms with van der Waals surface area (Å²) in [6, 6.07) is 8.61. The molecule has 0 aromatic heterocycles. The number of hydrogen-bond acceptors (Lipinski definition) is 3. The first-order chi connectivity index (χ1) is 14.2. The van der Waals surface area contributed by atoms with Crippen LogP contribution >= 0.6 is 11.8 Å². The highest BCUT2D eigenvalue weighted by Gasteiger charge is 2.28. The molecule has 0 unspecified atom stereocenters. The first kappa shape index (κ1) is 26.6. The van der Waals surface area contributed by atoms with Crippen molar-refractivity contribution in [2.75, 3.05) is 0 Å². The van der Waals surface area contributed by atoms with Crippen molar-refractivity contribution < 1.29 is 10.2 Å². The second kappa shape index (κ2) is 8.63. The van der Waals surface area contributed by atoms with Crippen LogP contribution < -0.4 is 0 Å². The SMILES string of the molecule is CC(C)(C)c1cc(CSc2cc(C(C)(C)C)c(O)c(C(C)(C)C)c2)cc(C(C)(C)C)c1O. The summed E-state index contributed by atoms with van der Waals surface area (Å²) in [7, 11) is 0. The molecule has 0 aliphatic carbocycles. The van der Waals surface area contributed by atoms with Gasteiger partial charge in [-0.3, -0.25) is 0 Å². The fourth-order valence-electron chi connectivity index (χ4n) is 3.92. The summed E-state index contributed by atoms with van der Waals surface area (Å²) >= 11 is 1.79. The number of hydrogen-bond donors (Lipinski definition) is 2. The number of phenolic OH excluding ortho intramolecular Hbond substituents is 2. The van der Waals surface area contributed by atoms with Crippen LogP contribution in [0.15, 0.2) is 29.2 Å². The molecule has 178 valence electrons. The minimum Gasteiger partial charge on any atom is -0.507 e. The minimum absolute atomic E-state index is 0.137. The highest BCUT2D eigenvalue weighted by Crippen LogP contribution is 2.44. The zero-order valence-electron chi connectivity index (χ0n) is 22.3. The van der Waals surface area contributed by atoms with E-state index in [0.29, 0.717) is 11.5 Å². The van der Waals surface area contributed by atoms with Crippen molar-refractivity contribution in [3.8, 4) is 11.5 Å². The molecule has 32 heavy (non-hydrogen) atoms. The highest BCUT2D eigenvalue weighted by molar-refractivity contribution is 7.98. The molecular formula is C29H44O2S. The zero-order chi connectivity index (χ0) is 24.9. The van der Waals surface area contributed by atoms with E-state index in [1.165, 1.54) is 10.5 Å². The maximum Gasteiger partial charge on any atom is 0.123 e. The van der Waals surface area contributed by atoms with Gasteiger partial charge in [0.1, 0.15) is 11.5 Å². The second-order valence-electron chi connectivity index (χ2n) is 13.2. The Kier molecular flexibility index (Phi) is 7.19. The van der Waals surface area contributed by atoms with E-state index in [2.05, 4.69) is 107 Å². The molecule has 0 radical (unpaired) electrons. The normalized spacial score (nSPS) is 13.5. The maximum absolute atomic E-state index is 11.0. The van der Waals surface area contributed by atoms with Crippen LogP contribution in [0.4, 0.5) is 0 Å². The Morgan fingerprint density at radius 2 is 0.812 bits per heavy atom. The summed E-state index contributed by atoms with van der Waals surface area (Å²) < 4.78 is 0. The van der Waals surface area contributed by atoms with Gasteiger partial charge in [0.2, 0.25) is 0 Å². The summed E-state index contributed by atoms with van der Waals surface area (Å²) in [6.45, 7) is 25.8. The molecule has 0 amide bonds. The van der Waals surface area contributed by atoms with Crippen LogP contribution in [0, 0.1) is 0 Å². The zero-order valence-corrected chi connectivity index (χ0v) is 23.1. The molecule has 0 aliphatic rings. The lowest BCUT2D eigenvalue weighted by Crippen LogP contribution is -2.18. The molecule has 0 heterocycles. The lowest BCUT2D eigenvalue weighted by molar-refractivity contribution is 0.421. The van der Waals surface area contributed by atoms with Crippen LogP contribution in [-0.2, 0) is 27.4 Å². The molecule has 2 rings (SSSR count). The Bertz CT molecular complexity index is 823. The Morgan fingerprint density at radius 3 is 1.09 bits per heavy atom. The number of phenols is 2. The predicted octanol–water partition coefficient (Wildman–Crippen LogP) is 8.58. The molecule has 0 fully saturated rings. The van der Waals surface area contributed by atoms with Gasteiger partial charge in [0.25, 0.3) is 0 Å². The number of rotatable bonds is 3. The third-order valence-electron chi connectivity index (χ3n) is 5.89. The van der Waals surface area contributed by atoms with E-state index in [-0.39, 0.29) is 21.7 Å². The minimum atomic E-state index is -0.141. The van der Waals surface area contributed by atoms with Crippen molar-refractivity contribution >= 4 is 11.8 Å². The van der Waals surface area contributed by atoms with Crippen LogP contribution in [0.2, 0.25) is 0 Å². The molecule has 2 N–H and O–H groups in total. The summed E-state index contributed by atoms with van der Waals surface area (Å²) in [5.41, 5.74) is 4.63. The molecule has 0 spiro atoms. The third-order valence-corrected chi connectivity index (χ3v) is 6.94. The fourth-order valence-corrected chi connectivity index (χ4v) is 4.82. The van der Waals surface area contributed by atoms with Crippen LogP contribution in [0.3, 0.4) is 0 Å². The van der Waals surface area contributed by atoms with E-state index < -0.39 is 0 Å². The van der Waals surface area contributed by atoms with Gasteiger partial charge < -0.3 is 10.2 Å². The van der Waals surface area contributed by atoms with Crippen molar-refractivity contribution in [1.82, 2.24) is 0 Å². The largest absolute Gasteiger partial charge is 0.507 e. The van der Waals surface area contributed by atoms with Crippen LogP contribution in [0.1, 0.15) is 111 Å². The molecule has 0 saturated heterocycles. The van der Waals surface area contributed by atoms with Crippen LogP contribution in [-0.4, -0.2) is 10.2 Å². The van der Waals surface area contributed by atoms with Gasteiger partial charge >= 0.3 is 0 Å². The van der Waals surface area contributed by atoms with Gasteiger partial charge in [-0.05, 0) is 50.5 Å². The van der Waals surface area contributed by atoms with Gasteiger partial charge in [-0.1, -0.05) is 95.2 Å².